The quantitative estimate of drug-likeness (QED) is 0.550. The molecule has 0 aliphatic carbocycles. The number of hydrogen-bond acceptors (Lipinski definition) is 4. The van der Waals surface area contributed by atoms with Gasteiger partial charge < -0.3 is 4.74 Å². The third kappa shape index (κ3) is 2.63. The van der Waals surface area contributed by atoms with Crippen LogP contribution in [-0.4, -0.2) is 19.2 Å². The van der Waals surface area contributed by atoms with Gasteiger partial charge in [-0.3, -0.25) is 13.8 Å². The average molecular weight is 375 g/mol. The van der Waals surface area contributed by atoms with Crippen LogP contribution in [0.5, 0.6) is 5.75 Å². The van der Waals surface area contributed by atoms with E-state index in [1.165, 1.54) is 4.57 Å². The van der Waals surface area contributed by atoms with Crippen molar-refractivity contribution in [3.8, 4) is 5.75 Å². The molecule has 0 aliphatic rings. The maximum atomic E-state index is 12.4. The fourth-order valence-electron chi connectivity index (χ4n) is 2.72. The molecule has 0 spiro atoms. The largest absolute Gasteiger partial charge is 0.484 e. The van der Waals surface area contributed by atoms with Crippen molar-refractivity contribution < 1.29 is 4.74 Å². The molecular formula is C17H12Cl2N4O2. The molecule has 0 atom stereocenters. The van der Waals surface area contributed by atoms with E-state index in [0.717, 1.165) is 5.52 Å². The van der Waals surface area contributed by atoms with Crippen LogP contribution in [0.15, 0.2) is 47.3 Å². The van der Waals surface area contributed by atoms with Crippen LogP contribution in [0, 0.1) is 0 Å². The number of benzene rings is 2. The summed E-state index contributed by atoms with van der Waals surface area (Å²) in [6.45, 7) is 0.144. The summed E-state index contributed by atoms with van der Waals surface area (Å²) in [5, 5.41) is 9.82. The first-order chi connectivity index (χ1) is 12.1. The van der Waals surface area contributed by atoms with Crippen LogP contribution >= 0.6 is 23.2 Å². The molecule has 0 fully saturated rings. The van der Waals surface area contributed by atoms with Crippen molar-refractivity contribution in [1.82, 2.24) is 19.2 Å². The molecule has 8 heteroatoms. The molecule has 0 N–H and O–H groups in total. The molecular weight excluding hydrogens is 363 g/mol. The van der Waals surface area contributed by atoms with E-state index >= 15 is 0 Å². The number of hydrogen-bond donors (Lipinski definition) is 0. The van der Waals surface area contributed by atoms with Gasteiger partial charge in [-0.05, 0) is 30.3 Å². The Hall–Kier alpha value is -2.57. The highest BCUT2D eigenvalue weighted by Crippen LogP contribution is 2.28. The van der Waals surface area contributed by atoms with Gasteiger partial charge in [0, 0.05) is 12.1 Å². The number of para-hydroxylation sites is 1. The molecule has 25 heavy (non-hydrogen) atoms. The van der Waals surface area contributed by atoms with Gasteiger partial charge >= 0.3 is 0 Å². The molecule has 2 aromatic heterocycles. The van der Waals surface area contributed by atoms with Crippen LogP contribution in [0.3, 0.4) is 0 Å². The van der Waals surface area contributed by atoms with E-state index in [2.05, 4.69) is 10.2 Å². The highest BCUT2D eigenvalue weighted by atomic mass is 35.5. The van der Waals surface area contributed by atoms with Gasteiger partial charge in [-0.1, -0.05) is 35.3 Å². The number of aromatic nitrogens is 4. The molecule has 6 nitrogen and oxygen atoms in total. The molecule has 0 radical (unpaired) electrons. The lowest BCUT2D eigenvalue weighted by Gasteiger charge is -2.09. The van der Waals surface area contributed by atoms with Gasteiger partial charge in [0.2, 0.25) is 5.78 Å². The Morgan fingerprint density at radius 1 is 1.12 bits per heavy atom. The zero-order valence-electron chi connectivity index (χ0n) is 13.1. The molecule has 0 amide bonds. The Bertz CT molecular complexity index is 1170. The summed E-state index contributed by atoms with van der Waals surface area (Å²) >= 11 is 12.0. The van der Waals surface area contributed by atoms with Crippen molar-refractivity contribution in [3.05, 3.63) is 68.7 Å². The number of halogens is 2. The van der Waals surface area contributed by atoms with Crippen LogP contribution in [0.1, 0.15) is 5.82 Å². The minimum absolute atomic E-state index is 0.122. The summed E-state index contributed by atoms with van der Waals surface area (Å²) in [6, 6.07) is 12.3. The molecule has 2 heterocycles. The number of nitrogens with zero attached hydrogens (tertiary/aromatic N) is 4. The van der Waals surface area contributed by atoms with Gasteiger partial charge in [0.1, 0.15) is 12.4 Å². The van der Waals surface area contributed by atoms with Crippen molar-refractivity contribution in [1.29, 1.82) is 0 Å². The van der Waals surface area contributed by atoms with Crippen LogP contribution in [0.25, 0.3) is 16.7 Å². The molecule has 0 bridgehead atoms. The Kier molecular flexibility index (Phi) is 3.86. The topological polar surface area (TPSA) is 61.4 Å². The predicted octanol–water partition coefficient (Wildman–Crippen LogP) is 3.47. The van der Waals surface area contributed by atoms with Gasteiger partial charge in [-0.25, -0.2) is 0 Å². The van der Waals surface area contributed by atoms with E-state index in [-0.39, 0.29) is 12.2 Å². The molecule has 4 aromatic rings. The molecule has 0 saturated carbocycles. The lowest BCUT2D eigenvalue weighted by Crippen LogP contribution is -2.20. The minimum Gasteiger partial charge on any atom is -0.484 e. The van der Waals surface area contributed by atoms with E-state index < -0.39 is 0 Å². The van der Waals surface area contributed by atoms with Crippen molar-refractivity contribution in [2.75, 3.05) is 0 Å². The Balaban J connectivity index is 1.82. The summed E-state index contributed by atoms with van der Waals surface area (Å²) < 4.78 is 9.03. The monoisotopic (exact) mass is 374 g/mol. The molecule has 0 unspecified atom stereocenters. The maximum absolute atomic E-state index is 12.4. The number of rotatable bonds is 3. The van der Waals surface area contributed by atoms with Crippen LogP contribution in [0.2, 0.25) is 10.0 Å². The van der Waals surface area contributed by atoms with Crippen molar-refractivity contribution in [2.24, 2.45) is 7.05 Å². The molecule has 0 aliphatic heterocycles. The second kappa shape index (κ2) is 6.06. The lowest BCUT2D eigenvalue weighted by molar-refractivity contribution is 0.295. The highest BCUT2D eigenvalue weighted by molar-refractivity contribution is 6.35. The second-order valence-corrected chi connectivity index (χ2v) is 6.34. The zero-order valence-corrected chi connectivity index (χ0v) is 14.6. The maximum Gasteiger partial charge on any atom is 0.262 e. The molecule has 2 aromatic carbocycles. The first-order valence-electron chi connectivity index (χ1n) is 7.46. The van der Waals surface area contributed by atoms with E-state index in [1.807, 2.05) is 18.2 Å². The summed E-state index contributed by atoms with van der Waals surface area (Å²) in [5.74, 6) is 1.51. The van der Waals surface area contributed by atoms with Crippen molar-refractivity contribution in [3.63, 3.8) is 0 Å². The van der Waals surface area contributed by atoms with E-state index in [1.54, 1.807) is 35.7 Å². The van der Waals surface area contributed by atoms with Crippen LogP contribution < -0.4 is 10.3 Å². The third-order valence-corrected chi connectivity index (χ3v) is 4.47. The first-order valence-corrected chi connectivity index (χ1v) is 8.21. The summed E-state index contributed by atoms with van der Waals surface area (Å²) in [5.41, 5.74) is 0.607. The van der Waals surface area contributed by atoms with Gasteiger partial charge in [0.15, 0.2) is 5.82 Å². The standard InChI is InChI=1S/C17H12Cl2N4O2/c1-22-16(24)11-4-2-3-5-13(11)23-15(20-21-17(22)23)9-25-14-7-6-10(18)8-12(14)19/h2-8H,9H2,1H3. The lowest BCUT2D eigenvalue weighted by atomic mass is 10.2. The van der Waals surface area contributed by atoms with Gasteiger partial charge in [-0.15, -0.1) is 10.2 Å². The smallest absolute Gasteiger partial charge is 0.262 e. The van der Waals surface area contributed by atoms with Crippen molar-refractivity contribution >= 4 is 39.9 Å². The fourth-order valence-corrected chi connectivity index (χ4v) is 3.18. The molecule has 126 valence electrons. The van der Waals surface area contributed by atoms with Gasteiger partial charge in [-0.2, -0.15) is 0 Å². The van der Waals surface area contributed by atoms with E-state index in [0.29, 0.717) is 32.8 Å². The summed E-state index contributed by atoms with van der Waals surface area (Å²) in [4.78, 5) is 12.4. The van der Waals surface area contributed by atoms with Crippen LogP contribution in [0.4, 0.5) is 0 Å². The summed E-state index contributed by atoms with van der Waals surface area (Å²) in [7, 11) is 1.67. The average Bonchev–Trinajstić information content (AvgIpc) is 3.03. The van der Waals surface area contributed by atoms with E-state index in [9.17, 15) is 4.79 Å². The third-order valence-electron chi connectivity index (χ3n) is 3.94. The Morgan fingerprint density at radius 2 is 1.92 bits per heavy atom. The van der Waals surface area contributed by atoms with Gasteiger partial charge in [0.25, 0.3) is 5.56 Å². The Labute approximate surface area is 152 Å². The van der Waals surface area contributed by atoms with Crippen LogP contribution in [-0.2, 0) is 13.7 Å². The Morgan fingerprint density at radius 3 is 2.72 bits per heavy atom. The van der Waals surface area contributed by atoms with Crippen molar-refractivity contribution in [2.45, 2.75) is 6.61 Å². The number of ether oxygens (including phenoxy) is 1. The highest BCUT2D eigenvalue weighted by Gasteiger charge is 2.15. The van der Waals surface area contributed by atoms with E-state index in [4.69, 9.17) is 27.9 Å². The summed E-state index contributed by atoms with van der Waals surface area (Å²) in [6.07, 6.45) is 0. The second-order valence-electron chi connectivity index (χ2n) is 5.50. The normalized spacial score (nSPS) is 11.3. The first kappa shape index (κ1) is 15.9. The molecule has 4 rings (SSSR count). The minimum atomic E-state index is -0.122. The number of fused-ring (bicyclic) bond motifs is 3. The zero-order chi connectivity index (χ0) is 17.6. The SMILES string of the molecule is Cn1c(=O)c2ccccc2n2c(COc3ccc(Cl)cc3Cl)nnc12. The predicted molar refractivity (Wildman–Crippen MR) is 96.5 cm³/mol. The number of aryl methyl sites for hydroxylation is 1. The molecule has 0 saturated heterocycles. The van der Waals surface area contributed by atoms with Gasteiger partial charge in [0.05, 0.1) is 15.9 Å². The fraction of sp³-hybridized carbons (Fsp3) is 0.118.